The molecule has 0 aliphatic carbocycles. The molecule has 6 heteroatoms. The molecule has 0 aromatic heterocycles. The molecular weight excluding hydrogens is 404 g/mol. The van der Waals surface area contributed by atoms with Gasteiger partial charge in [0.05, 0.1) is 18.1 Å². The SMILES string of the molecule is CCOc1ccc(C2C(C#N)=C(N)Oc3cc(OC(=O)c4ccc(C)cc4)ccc32)cc1. The van der Waals surface area contributed by atoms with Crippen LogP contribution in [0, 0.1) is 18.3 Å². The molecule has 6 nitrogen and oxygen atoms in total. The standard InChI is InChI=1S/C26H22N2O4/c1-3-30-19-10-8-17(9-11-19)24-21-13-12-20(14-23(21)32-25(28)22(24)15-27)31-26(29)18-6-4-16(2)5-7-18/h4-14,24H,3,28H2,1-2H3. The molecule has 0 spiro atoms. The summed E-state index contributed by atoms with van der Waals surface area (Å²) in [5, 5.41) is 9.71. The molecule has 160 valence electrons. The molecule has 4 rings (SSSR count). The molecule has 2 N–H and O–H groups in total. The normalized spacial score (nSPS) is 14.7. The number of hydrogen-bond acceptors (Lipinski definition) is 6. The van der Waals surface area contributed by atoms with E-state index in [2.05, 4.69) is 6.07 Å². The number of aryl methyl sites for hydroxylation is 1. The molecule has 0 fully saturated rings. The third-order valence-electron chi connectivity index (χ3n) is 5.21. The van der Waals surface area contributed by atoms with Crippen LogP contribution in [0.15, 0.2) is 78.2 Å². The van der Waals surface area contributed by atoms with E-state index in [1.807, 2.05) is 50.2 Å². The summed E-state index contributed by atoms with van der Waals surface area (Å²) >= 11 is 0. The number of benzene rings is 3. The van der Waals surface area contributed by atoms with E-state index in [-0.39, 0.29) is 5.88 Å². The van der Waals surface area contributed by atoms with Crippen LogP contribution in [0.25, 0.3) is 0 Å². The predicted octanol–water partition coefficient (Wildman–Crippen LogP) is 4.83. The van der Waals surface area contributed by atoms with Gasteiger partial charge in [-0.2, -0.15) is 5.26 Å². The Morgan fingerprint density at radius 2 is 1.75 bits per heavy atom. The van der Waals surface area contributed by atoms with Crippen molar-refractivity contribution in [2.24, 2.45) is 5.73 Å². The lowest BCUT2D eigenvalue weighted by molar-refractivity contribution is 0.0734. The molecule has 1 atom stereocenters. The minimum absolute atomic E-state index is 0.0286. The molecule has 0 radical (unpaired) electrons. The zero-order valence-electron chi connectivity index (χ0n) is 17.8. The molecule has 1 heterocycles. The van der Waals surface area contributed by atoms with Gasteiger partial charge < -0.3 is 19.9 Å². The minimum Gasteiger partial charge on any atom is -0.494 e. The predicted molar refractivity (Wildman–Crippen MR) is 119 cm³/mol. The Bertz CT molecular complexity index is 1220. The largest absolute Gasteiger partial charge is 0.494 e. The van der Waals surface area contributed by atoms with Crippen molar-refractivity contribution in [2.75, 3.05) is 6.61 Å². The van der Waals surface area contributed by atoms with Crippen LogP contribution in [-0.4, -0.2) is 12.6 Å². The van der Waals surface area contributed by atoms with Gasteiger partial charge in [0.2, 0.25) is 5.88 Å². The van der Waals surface area contributed by atoms with Crippen molar-refractivity contribution in [3.8, 4) is 23.3 Å². The van der Waals surface area contributed by atoms with Crippen LogP contribution in [0.1, 0.15) is 39.9 Å². The number of nitrogens with zero attached hydrogens (tertiary/aromatic N) is 1. The third kappa shape index (κ3) is 4.14. The van der Waals surface area contributed by atoms with Gasteiger partial charge >= 0.3 is 5.97 Å². The van der Waals surface area contributed by atoms with Gasteiger partial charge in [-0.25, -0.2) is 4.79 Å². The van der Waals surface area contributed by atoms with E-state index < -0.39 is 11.9 Å². The van der Waals surface area contributed by atoms with Crippen molar-refractivity contribution in [1.29, 1.82) is 5.26 Å². The van der Waals surface area contributed by atoms with E-state index in [9.17, 15) is 10.1 Å². The lowest BCUT2D eigenvalue weighted by atomic mass is 9.83. The summed E-state index contributed by atoms with van der Waals surface area (Å²) in [7, 11) is 0. The highest BCUT2D eigenvalue weighted by Gasteiger charge is 2.31. The molecule has 0 saturated heterocycles. The van der Waals surface area contributed by atoms with Gasteiger partial charge in [0.15, 0.2) is 0 Å². The second kappa shape index (κ2) is 8.86. The average molecular weight is 426 g/mol. The van der Waals surface area contributed by atoms with Crippen molar-refractivity contribution >= 4 is 5.97 Å². The highest BCUT2D eigenvalue weighted by Crippen LogP contribution is 2.43. The number of ether oxygens (including phenoxy) is 3. The first-order chi connectivity index (χ1) is 15.5. The van der Waals surface area contributed by atoms with Crippen molar-refractivity contribution in [3.05, 3.63) is 100 Å². The van der Waals surface area contributed by atoms with Crippen molar-refractivity contribution in [3.63, 3.8) is 0 Å². The lowest BCUT2D eigenvalue weighted by Crippen LogP contribution is -2.21. The van der Waals surface area contributed by atoms with Crippen LogP contribution < -0.4 is 19.9 Å². The van der Waals surface area contributed by atoms with E-state index >= 15 is 0 Å². The smallest absolute Gasteiger partial charge is 0.343 e. The summed E-state index contributed by atoms with van der Waals surface area (Å²) in [6.45, 7) is 4.44. The maximum Gasteiger partial charge on any atom is 0.343 e. The Labute approximate surface area is 186 Å². The maximum absolute atomic E-state index is 12.5. The molecule has 0 saturated carbocycles. The summed E-state index contributed by atoms with van der Waals surface area (Å²) in [5.74, 6) is 0.673. The summed E-state index contributed by atoms with van der Waals surface area (Å²) < 4.78 is 16.7. The van der Waals surface area contributed by atoms with Crippen molar-refractivity contribution in [1.82, 2.24) is 0 Å². The Morgan fingerprint density at radius 1 is 1.06 bits per heavy atom. The quantitative estimate of drug-likeness (QED) is 0.464. The number of fused-ring (bicyclic) bond motifs is 1. The summed E-state index contributed by atoms with van der Waals surface area (Å²) in [6, 6.07) is 21.9. The van der Waals surface area contributed by atoms with Crippen LogP contribution in [0.3, 0.4) is 0 Å². The number of hydrogen-bond donors (Lipinski definition) is 1. The molecule has 32 heavy (non-hydrogen) atoms. The number of esters is 1. The number of carbonyl (C=O) groups is 1. The number of nitrogens with two attached hydrogens (primary N) is 1. The molecule has 1 unspecified atom stereocenters. The Kier molecular flexibility index (Phi) is 5.82. The monoisotopic (exact) mass is 426 g/mol. The van der Waals surface area contributed by atoms with Crippen LogP contribution >= 0.6 is 0 Å². The number of nitriles is 1. The van der Waals surface area contributed by atoms with E-state index in [0.717, 1.165) is 22.4 Å². The van der Waals surface area contributed by atoms with E-state index in [1.54, 1.807) is 30.3 Å². The second-order valence-corrected chi connectivity index (χ2v) is 7.38. The van der Waals surface area contributed by atoms with Gasteiger partial charge in [0, 0.05) is 11.6 Å². The average Bonchev–Trinajstić information content (AvgIpc) is 2.79. The van der Waals surface area contributed by atoms with Gasteiger partial charge in [0.1, 0.15) is 28.9 Å². The number of allylic oxidation sites excluding steroid dienone is 1. The van der Waals surface area contributed by atoms with Crippen LogP contribution in [0.4, 0.5) is 0 Å². The molecule has 0 bridgehead atoms. The fraction of sp³-hybridized carbons (Fsp3) is 0.154. The Balaban J connectivity index is 1.65. The zero-order valence-corrected chi connectivity index (χ0v) is 17.8. The van der Waals surface area contributed by atoms with E-state index in [0.29, 0.717) is 29.2 Å². The molecular formula is C26H22N2O4. The zero-order chi connectivity index (χ0) is 22.7. The number of rotatable bonds is 5. The van der Waals surface area contributed by atoms with Crippen LogP contribution in [-0.2, 0) is 0 Å². The second-order valence-electron chi connectivity index (χ2n) is 7.38. The highest BCUT2D eigenvalue weighted by molar-refractivity contribution is 5.91. The fourth-order valence-electron chi connectivity index (χ4n) is 3.62. The minimum atomic E-state index is -0.468. The summed E-state index contributed by atoms with van der Waals surface area (Å²) in [5.41, 5.74) is 9.54. The third-order valence-corrected chi connectivity index (χ3v) is 5.21. The van der Waals surface area contributed by atoms with Gasteiger partial charge in [-0.1, -0.05) is 35.9 Å². The van der Waals surface area contributed by atoms with E-state index in [4.69, 9.17) is 19.9 Å². The van der Waals surface area contributed by atoms with E-state index in [1.165, 1.54) is 0 Å². The Morgan fingerprint density at radius 3 is 2.41 bits per heavy atom. The first-order valence-electron chi connectivity index (χ1n) is 10.2. The van der Waals surface area contributed by atoms with Gasteiger partial charge in [-0.05, 0) is 49.7 Å². The van der Waals surface area contributed by atoms with Gasteiger partial charge in [0.25, 0.3) is 0 Å². The summed E-state index contributed by atoms with van der Waals surface area (Å²) in [6.07, 6.45) is 0. The summed E-state index contributed by atoms with van der Waals surface area (Å²) in [4.78, 5) is 12.5. The molecule has 3 aromatic carbocycles. The Hall–Kier alpha value is -4.24. The van der Waals surface area contributed by atoms with Crippen LogP contribution in [0.2, 0.25) is 0 Å². The van der Waals surface area contributed by atoms with Gasteiger partial charge in [-0.15, -0.1) is 0 Å². The molecule has 1 aliphatic rings. The van der Waals surface area contributed by atoms with Crippen LogP contribution in [0.5, 0.6) is 17.2 Å². The molecule has 1 aliphatic heterocycles. The van der Waals surface area contributed by atoms with Gasteiger partial charge in [-0.3, -0.25) is 0 Å². The first kappa shape index (κ1) is 21.0. The molecule has 3 aromatic rings. The maximum atomic E-state index is 12.5. The number of carbonyl (C=O) groups excluding carboxylic acids is 1. The first-order valence-corrected chi connectivity index (χ1v) is 10.2. The lowest BCUT2D eigenvalue weighted by Gasteiger charge is -2.26. The fourth-order valence-corrected chi connectivity index (χ4v) is 3.62. The molecule has 0 amide bonds. The van der Waals surface area contributed by atoms with Crippen molar-refractivity contribution < 1.29 is 19.0 Å². The highest BCUT2D eigenvalue weighted by atomic mass is 16.5. The van der Waals surface area contributed by atoms with Crippen molar-refractivity contribution in [2.45, 2.75) is 19.8 Å². The topological polar surface area (TPSA) is 94.6 Å².